The molecule has 1 aromatic carbocycles. The number of benzene rings is 1. The zero-order chi connectivity index (χ0) is 14.6. The molecule has 0 bridgehead atoms. The van der Waals surface area contributed by atoms with E-state index in [4.69, 9.17) is 0 Å². The van der Waals surface area contributed by atoms with Crippen molar-refractivity contribution in [2.75, 3.05) is 0 Å². The Hall–Kier alpha value is -0.840. The predicted octanol–water partition coefficient (Wildman–Crippen LogP) is 4.88. The molecule has 0 aliphatic rings. The fourth-order valence-corrected chi connectivity index (χ4v) is 2.96. The van der Waals surface area contributed by atoms with Crippen molar-refractivity contribution in [3.63, 3.8) is 0 Å². The summed E-state index contributed by atoms with van der Waals surface area (Å²) in [5, 5.41) is 4.48. The molecule has 0 spiro atoms. The SMILES string of the molecule is CC(C)(C)NCc1ccc(Sc2cccc(Br)c2)nc1. The van der Waals surface area contributed by atoms with Gasteiger partial charge in [-0.2, -0.15) is 0 Å². The second-order valence-electron chi connectivity index (χ2n) is 5.67. The molecule has 0 aliphatic heterocycles. The molecule has 2 aromatic rings. The van der Waals surface area contributed by atoms with Crippen molar-refractivity contribution in [2.24, 2.45) is 0 Å². The van der Waals surface area contributed by atoms with Crippen LogP contribution in [0.25, 0.3) is 0 Å². The molecule has 0 aliphatic carbocycles. The number of pyridine rings is 1. The molecular formula is C16H19BrN2S. The van der Waals surface area contributed by atoms with Gasteiger partial charge in [0, 0.05) is 27.6 Å². The van der Waals surface area contributed by atoms with Gasteiger partial charge in [0.2, 0.25) is 0 Å². The van der Waals surface area contributed by atoms with Gasteiger partial charge in [-0.25, -0.2) is 4.98 Å². The Morgan fingerprint density at radius 3 is 2.60 bits per heavy atom. The number of nitrogens with one attached hydrogen (secondary N) is 1. The van der Waals surface area contributed by atoms with Crippen molar-refractivity contribution < 1.29 is 0 Å². The molecule has 0 saturated carbocycles. The first-order chi connectivity index (χ1) is 9.42. The van der Waals surface area contributed by atoms with E-state index in [-0.39, 0.29) is 5.54 Å². The van der Waals surface area contributed by atoms with Crippen LogP contribution in [0.4, 0.5) is 0 Å². The number of hydrogen-bond donors (Lipinski definition) is 1. The third-order valence-corrected chi connectivity index (χ3v) is 4.07. The highest BCUT2D eigenvalue weighted by Crippen LogP contribution is 2.27. The van der Waals surface area contributed by atoms with Crippen molar-refractivity contribution in [1.29, 1.82) is 0 Å². The van der Waals surface area contributed by atoms with Crippen LogP contribution in [-0.2, 0) is 6.54 Å². The minimum Gasteiger partial charge on any atom is -0.308 e. The number of hydrogen-bond acceptors (Lipinski definition) is 3. The maximum absolute atomic E-state index is 4.51. The molecule has 1 N–H and O–H groups in total. The van der Waals surface area contributed by atoms with Gasteiger partial charge in [0.1, 0.15) is 5.03 Å². The van der Waals surface area contributed by atoms with E-state index in [9.17, 15) is 0 Å². The average molecular weight is 351 g/mol. The van der Waals surface area contributed by atoms with Gasteiger partial charge in [0.25, 0.3) is 0 Å². The number of rotatable bonds is 4. The normalized spacial score (nSPS) is 11.6. The van der Waals surface area contributed by atoms with Crippen LogP contribution in [0.2, 0.25) is 0 Å². The fourth-order valence-electron chi connectivity index (χ4n) is 1.59. The van der Waals surface area contributed by atoms with Crippen LogP contribution < -0.4 is 5.32 Å². The van der Waals surface area contributed by atoms with Gasteiger partial charge < -0.3 is 5.32 Å². The van der Waals surface area contributed by atoms with Crippen LogP contribution in [0.1, 0.15) is 26.3 Å². The zero-order valence-electron chi connectivity index (χ0n) is 12.0. The van der Waals surface area contributed by atoms with Gasteiger partial charge in [-0.3, -0.25) is 0 Å². The Balaban J connectivity index is 1.98. The summed E-state index contributed by atoms with van der Waals surface area (Å²) >= 11 is 5.16. The van der Waals surface area contributed by atoms with E-state index in [1.54, 1.807) is 11.8 Å². The maximum Gasteiger partial charge on any atom is 0.101 e. The smallest absolute Gasteiger partial charge is 0.101 e. The van der Waals surface area contributed by atoms with Crippen molar-refractivity contribution in [1.82, 2.24) is 10.3 Å². The zero-order valence-corrected chi connectivity index (χ0v) is 14.4. The lowest BCUT2D eigenvalue weighted by atomic mass is 10.1. The average Bonchev–Trinajstić information content (AvgIpc) is 2.37. The Labute approximate surface area is 133 Å². The van der Waals surface area contributed by atoms with E-state index in [1.165, 1.54) is 10.5 Å². The molecule has 0 atom stereocenters. The van der Waals surface area contributed by atoms with Crippen LogP contribution in [0, 0.1) is 0 Å². The molecule has 2 rings (SSSR count). The number of nitrogens with zero attached hydrogens (tertiary/aromatic N) is 1. The van der Waals surface area contributed by atoms with Gasteiger partial charge in [-0.1, -0.05) is 39.8 Å². The molecule has 0 amide bonds. The minimum atomic E-state index is 0.129. The fraction of sp³-hybridized carbons (Fsp3) is 0.312. The van der Waals surface area contributed by atoms with Gasteiger partial charge in [0.05, 0.1) is 0 Å². The topological polar surface area (TPSA) is 24.9 Å². The third kappa shape index (κ3) is 5.27. The van der Waals surface area contributed by atoms with Crippen LogP contribution in [0.3, 0.4) is 0 Å². The van der Waals surface area contributed by atoms with Gasteiger partial charge in [0.15, 0.2) is 0 Å². The first kappa shape index (κ1) is 15.5. The largest absolute Gasteiger partial charge is 0.308 e. The van der Waals surface area contributed by atoms with Crippen LogP contribution in [-0.4, -0.2) is 10.5 Å². The summed E-state index contributed by atoms with van der Waals surface area (Å²) in [6.07, 6.45) is 1.94. The number of halogens is 1. The van der Waals surface area contributed by atoms with E-state index in [0.717, 1.165) is 16.0 Å². The highest BCUT2D eigenvalue weighted by molar-refractivity contribution is 9.10. The van der Waals surface area contributed by atoms with Gasteiger partial charge >= 0.3 is 0 Å². The summed E-state index contributed by atoms with van der Waals surface area (Å²) < 4.78 is 1.09. The molecule has 0 radical (unpaired) electrons. The summed E-state index contributed by atoms with van der Waals surface area (Å²) in [6, 6.07) is 12.5. The van der Waals surface area contributed by atoms with Crippen LogP contribution in [0.5, 0.6) is 0 Å². The van der Waals surface area contributed by atoms with Crippen molar-refractivity contribution in [2.45, 2.75) is 42.8 Å². The third-order valence-electron chi connectivity index (χ3n) is 2.64. The molecule has 20 heavy (non-hydrogen) atoms. The molecular weight excluding hydrogens is 332 g/mol. The maximum atomic E-state index is 4.51. The molecule has 1 aromatic heterocycles. The second kappa shape index (κ2) is 6.74. The van der Waals surface area contributed by atoms with Crippen LogP contribution >= 0.6 is 27.7 Å². The first-order valence-corrected chi connectivity index (χ1v) is 8.17. The van der Waals surface area contributed by atoms with E-state index >= 15 is 0 Å². The van der Waals surface area contributed by atoms with E-state index in [1.807, 2.05) is 18.3 Å². The van der Waals surface area contributed by atoms with Crippen LogP contribution in [0.15, 0.2) is 57.0 Å². The standard InChI is InChI=1S/C16H19BrN2S/c1-16(2,3)19-11-12-7-8-15(18-10-12)20-14-6-4-5-13(17)9-14/h4-10,19H,11H2,1-3H3. The van der Waals surface area contributed by atoms with E-state index < -0.39 is 0 Å². The van der Waals surface area contributed by atoms with Gasteiger partial charge in [-0.05, 0) is 50.6 Å². The highest BCUT2D eigenvalue weighted by atomic mass is 79.9. The predicted molar refractivity (Wildman–Crippen MR) is 89.1 cm³/mol. The quantitative estimate of drug-likeness (QED) is 0.850. The minimum absolute atomic E-state index is 0.129. The van der Waals surface area contributed by atoms with E-state index in [0.29, 0.717) is 0 Å². The summed E-state index contributed by atoms with van der Waals surface area (Å²) in [4.78, 5) is 5.70. The second-order valence-corrected chi connectivity index (χ2v) is 7.68. The first-order valence-electron chi connectivity index (χ1n) is 6.56. The Kier molecular flexibility index (Phi) is 5.24. The van der Waals surface area contributed by atoms with Crippen molar-refractivity contribution in [3.05, 3.63) is 52.6 Å². The van der Waals surface area contributed by atoms with Crippen molar-refractivity contribution in [3.8, 4) is 0 Å². The lowest BCUT2D eigenvalue weighted by Crippen LogP contribution is -2.35. The molecule has 106 valence electrons. The summed E-state index contributed by atoms with van der Waals surface area (Å²) in [5.41, 5.74) is 1.34. The molecule has 0 saturated heterocycles. The highest BCUT2D eigenvalue weighted by Gasteiger charge is 2.08. The molecule has 2 nitrogen and oxygen atoms in total. The summed E-state index contributed by atoms with van der Waals surface area (Å²) in [5.74, 6) is 0. The molecule has 1 heterocycles. The number of aromatic nitrogens is 1. The Bertz CT molecular complexity index is 561. The lowest BCUT2D eigenvalue weighted by Gasteiger charge is -2.20. The van der Waals surface area contributed by atoms with Gasteiger partial charge in [-0.15, -0.1) is 0 Å². The molecule has 0 unspecified atom stereocenters. The Morgan fingerprint density at radius 1 is 1.20 bits per heavy atom. The summed E-state index contributed by atoms with van der Waals surface area (Å²) in [7, 11) is 0. The molecule has 0 fully saturated rings. The monoisotopic (exact) mass is 350 g/mol. The summed E-state index contributed by atoms with van der Waals surface area (Å²) in [6.45, 7) is 7.34. The van der Waals surface area contributed by atoms with Crippen molar-refractivity contribution >= 4 is 27.7 Å². The Morgan fingerprint density at radius 2 is 2.00 bits per heavy atom. The molecule has 4 heteroatoms. The lowest BCUT2D eigenvalue weighted by molar-refractivity contribution is 0.424. The van der Waals surface area contributed by atoms with E-state index in [2.05, 4.69) is 71.3 Å².